The van der Waals surface area contributed by atoms with Crippen LogP contribution in [0.3, 0.4) is 0 Å². The van der Waals surface area contributed by atoms with Gasteiger partial charge >= 0.3 is 0 Å². The van der Waals surface area contributed by atoms with Gasteiger partial charge in [0, 0.05) is 24.8 Å². The monoisotopic (exact) mass is 257 g/mol. The molecule has 3 nitrogen and oxygen atoms in total. The van der Waals surface area contributed by atoms with Gasteiger partial charge in [0.05, 0.1) is 6.20 Å². The molecule has 19 heavy (non-hydrogen) atoms. The lowest BCUT2D eigenvalue weighted by atomic mass is 9.98. The summed E-state index contributed by atoms with van der Waals surface area (Å²) in [5.74, 6) is 0. The van der Waals surface area contributed by atoms with Crippen LogP contribution in [0.5, 0.6) is 0 Å². The first-order valence-corrected chi connectivity index (χ1v) is 6.88. The third-order valence-electron chi connectivity index (χ3n) is 3.59. The zero-order valence-electron chi connectivity index (χ0n) is 12.3. The van der Waals surface area contributed by atoms with Crippen molar-refractivity contribution in [3.63, 3.8) is 0 Å². The molecule has 1 aromatic heterocycles. The quantitative estimate of drug-likeness (QED) is 0.892. The third-order valence-corrected chi connectivity index (χ3v) is 3.59. The van der Waals surface area contributed by atoms with E-state index >= 15 is 0 Å². The Morgan fingerprint density at radius 2 is 2.05 bits per heavy atom. The van der Waals surface area contributed by atoms with Gasteiger partial charge in [0.25, 0.3) is 0 Å². The van der Waals surface area contributed by atoms with Crippen LogP contribution in [-0.2, 0) is 13.5 Å². The summed E-state index contributed by atoms with van der Waals surface area (Å²) in [5.41, 5.74) is 5.34. The molecule has 0 radical (unpaired) electrons. The summed E-state index contributed by atoms with van der Waals surface area (Å²) in [7, 11) is 1.96. The maximum absolute atomic E-state index is 4.27. The van der Waals surface area contributed by atoms with E-state index in [2.05, 4.69) is 55.6 Å². The Bertz CT molecular complexity index is 543. The summed E-state index contributed by atoms with van der Waals surface area (Å²) in [4.78, 5) is 0. The van der Waals surface area contributed by atoms with Crippen molar-refractivity contribution in [1.29, 1.82) is 0 Å². The molecule has 0 spiro atoms. The molecule has 1 aromatic carbocycles. The second kappa shape index (κ2) is 6.02. The fourth-order valence-electron chi connectivity index (χ4n) is 2.34. The largest absolute Gasteiger partial charge is 0.310 e. The number of nitrogens with zero attached hydrogens (tertiary/aromatic N) is 2. The van der Waals surface area contributed by atoms with Crippen LogP contribution in [0.2, 0.25) is 0 Å². The summed E-state index contributed by atoms with van der Waals surface area (Å²) in [5, 5.41) is 7.81. The first-order chi connectivity index (χ1) is 9.10. The average molecular weight is 257 g/mol. The predicted octanol–water partition coefficient (Wildman–Crippen LogP) is 2.93. The minimum atomic E-state index is 0.334. The summed E-state index contributed by atoms with van der Waals surface area (Å²) in [6.45, 7) is 7.43. The van der Waals surface area contributed by atoms with Crippen molar-refractivity contribution >= 4 is 0 Å². The van der Waals surface area contributed by atoms with Crippen molar-refractivity contribution in [2.75, 3.05) is 6.54 Å². The maximum atomic E-state index is 4.27. The Balaban J connectivity index is 2.18. The average Bonchev–Trinajstić information content (AvgIpc) is 2.80. The molecular formula is C16H23N3. The van der Waals surface area contributed by atoms with Gasteiger partial charge in [-0.15, -0.1) is 0 Å². The minimum absolute atomic E-state index is 0.334. The van der Waals surface area contributed by atoms with E-state index in [9.17, 15) is 0 Å². The van der Waals surface area contributed by atoms with Crippen LogP contribution in [0, 0.1) is 13.8 Å². The zero-order valence-corrected chi connectivity index (χ0v) is 12.3. The van der Waals surface area contributed by atoms with Gasteiger partial charge in [-0.05, 0) is 43.5 Å². The second-order valence-corrected chi connectivity index (χ2v) is 5.18. The molecule has 1 heterocycles. The molecule has 2 rings (SSSR count). The first-order valence-electron chi connectivity index (χ1n) is 6.88. The van der Waals surface area contributed by atoms with Gasteiger partial charge < -0.3 is 5.32 Å². The van der Waals surface area contributed by atoms with Gasteiger partial charge in [-0.1, -0.05) is 25.1 Å². The molecule has 0 aliphatic heterocycles. The topological polar surface area (TPSA) is 29.9 Å². The molecule has 102 valence electrons. The zero-order chi connectivity index (χ0) is 13.8. The molecule has 0 saturated carbocycles. The smallest absolute Gasteiger partial charge is 0.0537 e. The SMILES string of the molecule is CCNC(Cc1ccc(C)c(C)c1)c1cnn(C)c1. The van der Waals surface area contributed by atoms with Gasteiger partial charge in [-0.2, -0.15) is 5.10 Å². The summed E-state index contributed by atoms with van der Waals surface area (Å²) >= 11 is 0. The molecule has 3 heteroatoms. The molecule has 1 N–H and O–H groups in total. The van der Waals surface area contributed by atoms with Crippen LogP contribution >= 0.6 is 0 Å². The Morgan fingerprint density at radius 3 is 2.63 bits per heavy atom. The third kappa shape index (κ3) is 3.44. The van der Waals surface area contributed by atoms with E-state index in [0.29, 0.717) is 6.04 Å². The number of likely N-dealkylation sites (N-methyl/N-ethyl adjacent to an activating group) is 1. The Labute approximate surface area is 115 Å². The van der Waals surface area contributed by atoms with Crippen LogP contribution in [-0.4, -0.2) is 16.3 Å². The molecule has 2 aromatic rings. The van der Waals surface area contributed by atoms with Crippen LogP contribution in [0.4, 0.5) is 0 Å². The lowest BCUT2D eigenvalue weighted by Crippen LogP contribution is -2.22. The van der Waals surface area contributed by atoms with Gasteiger partial charge in [0.2, 0.25) is 0 Å². The Morgan fingerprint density at radius 1 is 1.26 bits per heavy atom. The molecule has 1 atom stereocenters. The van der Waals surface area contributed by atoms with Gasteiger partial charge in [-0.3, -0.25) is 4.68 Å². The fraction of sp³-hybridized carbons (Fsp3) is 0.438. The van der Waals surface area contributed by atoms with Crippen molar-refractivity contribution in [3.05, 3.63) is 52.8 Å². The Hall–Kier alpha value is -1.61. The molecule has 0 aliphatic carbocycles. The highest BCUT2D eigenvalue weighted by Gasteiger charge is 2.13. The first kappa shape index (κ1) is 13.8. The number of rotatable bonds is 5. The Kier molecular flexibility index (Phi) is 4.38. The van der Waals surface area contributed by atoms with E-state index in [-0.39, 0.29) is 0 Å². The molecule has 0 amide bonds. The van der Waals surface area contributed by atoms with Crippen LogP contribution < -0.4 is 5.32 Å². The van der Waals surface area contributed by atoms with Crippen molar-refractivity contribution in [1.82, 2.24) is 15.1 Å². The number of nitrogens with one attached hydrogen (secondary N) is 1. The number of aryl methyl sites for hydroxylation is 3. The number of hydrogen-bond acceptors (Lipinski definition) is 2. The van der Waals surface area contributed by atoms with Crippen LogP contribution in [0.1, 0.15) is 35.2 Å². The van der Waals surface area contributed by atoms with Crippen LogP contribution in [0.25, 0.3) is 0 Å². The minimum Gasteiger partial charge on any atom is -0.310 e. The molecule has 0 fully saturated rings. The summed E-state index contributed by atoms with van der Waals surface area (Å²) in [6.07, 6.45) is 5.05. The molecular weight excluding hydrogens is 234 g/mol. The highest BCUT2D eigenvalue weighted by molar-refractivity contribution is 5.31. The van der Waals surface area contributed by atoms with E-state index in [1.54, 1.807) is 0 Å². The number of aromatic nitrogens is 2. The van der Waals surface area contributed by atoms with E-state index in [1.807, 2.05) is 17.9 Å². The van der Waals surface area contributed by atoms with E-state index in [0.717, 1.165) is 13.0 Å². The van der Waals surface area contributed by atoms with Crippen molar-refractivity contribution < 1.29 is 0 Å². The summed E-state index contributed by atoms with van der Waals surface area (Å²) in [6, 6.07) is 7.05. The highest BCUT2D eigenvalue weighted by Crippen LogP contribution is 2.19. The lowest BCUT2D eigenvalue weighted by molar-refractivity contribution is 0.549. The lowest BCUT2D eigenvalue weighted by Gasteiger charge is -2.17. The molecule has 0 saturated heterocycles. The predicted molar refractivity (Wildman–Crippen MR) is 79.2 cm³/mol. The molecule has 1 unspecified atom stereocenters. The van der Waals surface area contributed by atoms with Crippen molar-refractivity contribution in [3.8, 4) is 0 Å². The van der Waals surface area contributed by atoms with Crippen molar-refractivity contribution in [2.24, 2.45) is 7.05 Å². The van der Waals surface area contributed by atoms with Gasteiger partial charge in [0.1, 0.15) is 0 Å². The highest BCUT2D eigenvalue weighted by atomic mass is 15.2. The summed E-state index contributed by atoms with van der Waals surface area (Å²) < 4.78 is 1.86. The molecule has 0 bridgehead atoms. The van der Waals surface area contributed by atoms with E-state index in [1.165, 1.54) is 22.3 Å². The van der Waals surface area contributed by atoms with Gasteiger partial charge in [-0.25, -0.2) is 0 Å². The standard InChI is InChI=1S/C16H23N3/c1-5-17-16(15-10-18-19(4)11-15)9-14-7-6-12(2)13(3)8-14/h6-8,10-11,16-17H,5,9H2,1-4H3. The maximum Gasteiger partial charge on any atom is 0.0537 e. The molecule has 0 aliphatic rings. The van der Waals surface area contributed by atoms with Crippen LogP contribution in [0.15, 0.2) is 30.6 Å². The number of benzene rings is 1. The second-order valence-electron chi connectivity index (χ2n) is 5.18. The van der Waals surface area contributed by atoms with E-state index in [4.69, 9.17) is 0 Å². The normalized spacial score (nSPS) is 12.6. The van der Waals surface area contributed by atoms with E-state index < -0.39 is 0 Å². The van der Waals surface area contributed by atoms with Crippen molar-refractivity contribution in [2.45, 2.75) is 33.2 Å². The number of hydrogen-bond donors (Lipinski definition) is 1. The fourth-order valence-corrected chi connectivity index (χ4v) is 2.34. The van der Waals surface area contributed by atoms with Gasteiger partial charge in [0.15, 0.2) is 0 Å².